The number of rotatable bonds is 3. The number of nitrogens with zero attached hydrogens (tertiary/aromatic N) is 1. The number of hydrogen-bond donors (Lipinski definition) is 1. The monoisotopic (exact) mass is 165 g/mol. The van der Waals surface area contributed by atoms with Crippen molar-refractivity contribution in [2.75, 3.05) is 0 Å². The molecule has 1 atom stereocenters. The second-order valence-corrected chi connectivity index (χ2v) is 3.05. The number of pyridine rings is 1. The fraction of sp³-hybridized carbons (Fsp3) is 0.500. The fourth-order valence-corrected chi connectivity index (χ4v) is 1.29. The van der Waals surface area contributed by atoms with E-state index in [0.717, 1.165) is 12.8 Å². The smallest absolute Gasteiger partial charge is 0.0552 e. The Kier molecular flexibility index (Phi) is 3.23. The Morgan fingerprint density at radius 2 is 2.25 bits per heavy atom. The first kappa shape index (κ1) is 9.20. The summed E-state index contributed by atoms with van der Waals surface area (Å²) in [7, 11) is 0. The minimum Gasteiger partial charge on any atom is -0.393 e. The molecular formula is C10H15NO. The molecule has 1 rings (SSSR count). The number of hydrogen-bond acceptors (Lipinski definition) is 2. The summed E-state index contributed by atoms with van der Waals surface area (Å²) in [5, 5.41) is 9.21. The lowest BCUT2D eigenvalue weighted by molar-refractivity contribution is 0.195. The molecule has 0 saturated heterocycles. The molecule has 1 aromatic rings. The molecule has 1 N–H and O–H groups in total. The third-order valence-corrected chi connectivity index (χ3v) is 1.90. The highest BCUT2D eigenvalue weighted by Crippen LogP contribution is 2.09. The zero-order valence-electron chi connectivity index (χ0n) is 7.62. The van der Waals surface area contributed by atoms with E-state index in [2.05, 4.69) is 11.9 Å². The topological polar surface area (TPSA) is 33.1 Å². The van der Waals surface area contributed by atoms with Crippen molar-refractivity contribution in [1.82, 2.24) is 4.98 Å². The van der Waals surface area contributed by atoms with Crippen LogP contribution in [0.15, 0.2) is 18.5 Å². The van der Waals surface area contributed by atoms with Gasteiger partial charge in [0, 0.05) is 12.4 Å². The van der Waals surface area contributed by atoms with Gasteiger partial charge in [-0.15, -0.1) is 0 Å². The average Bonchev–Trinajstić information content (AvgIpc) is 2.04. The first-order chi connectivity index (χ1) is 5.74. The Morgan fingerprint density at radius 1 is 1.50 bits per heavy atom. The minimum atomic E-state index is -0.266. The van der Waals surface area contributed by atoms with E-state index in [4.69, 9.17) is 0 Å². The van der Waals surface area contributed by atoms with Gasteiger partial charge < -0.3 is 5.11 Å². The van der Waals surface area contributed by atoms with E-state index in [1.54, 1.807) is 13.1 Å². The number of aliphatic hydroxyl groups is 1. The van der Waals surface area contributed by atoms with Gasteiger partial charge >= 0.3 is 0 Å². The molecule has 2 nitrogen and oxygen atoms in total. The van der Waals surface area contributed by atoms with Crippen molar-refractivity contribution in [3.8, 4) is 0 Å². The molecule has 1 aromatic heterocycles. The highest BCUT2D eigenvalue weighted by molar-refractivity contribution is 5.23. The van der Waals surface area contributed by atoms with Crippen LogP contribution in [0, 0.1) is 0 Å². The Hall–Kier alpha value is -0.890. The SMILES string of the molecule is CCc1cnccc1CC(C)O. The van der Waals surface area contributed by atoms with E-state index in [-0.39, 0.29) is 6.10 Å². The van der Waals surface area contributed by atoms with Gasteiger partial charge in [0.2, 0.25) is 0 Å². The van der Waals surface area contributed by atoms with Crippen LogP contribution in [0.25, 0.3) is 0 Å². The standard InChI is InChI=1S/C10H15NO/c1-3-9-7-11-5-4-10(9)6-8(2)12/h4-5,7-8,12H,3,6H2,1-2H3. The quantitative estimate of drug-likeness (QED) is 0.737. The van der Waals surface area contributed by atoms with Crippen molar-refractivity contribution in [3.05, 3.63) is 29.6 Å². The van der Waals surface area contributed by atoms with E-state index in [9.17, 15) is 5.11 Å². The van der Waals surface area contributed by atoms with Gasteiger partial charge in [-0.3, -0.25) is 4.98 Å². The molecule has 0 aliphatic rings. The molecule has 0 bridgehead atoms. The Balaban J connectivity index is 2.82. The zero-order valence-corrected chi connectivity index (χ0v) is 7.62. The molecule has 2 heteroatoms. The molecule has 0 spiro atoms. The van der Waals surface area contributed by atoms with E-state index >= 15 is 0 Å². The second-order valence-electron chi connectivity index (χ2n) is 3.05. The molecule has 0 radical (unpaired) electrons. The van der Waals surface area contributed by atoms with Crippen LogP contribution in [0.5, 0.6) is 0 Å². The Labute approximate surface area is 73.3 Å². The van der Waals surface area contributed by atoms with Crippen LogP contribution in [0.2, 0.25) is 0 Å². The van der Waals surface area contributed by atoms with Crippen LogP contribution in [-0.2, 0) is 12.8 Å². The largest absolute Gasteiger partial charge is 0.393 e. The van der Waals surface area contributed by atoms with E-state index in [1.807, 2.05) is 12.3 Å². The molecule has 0 aliphatic carbocycles. The van der Waals surface area contributed by atoms with Gasteiger partial charge in [-0.1, -0.05) is 6.92 Å². The summed E-state index contributed by atoms with van der Waals surface area (Å²) < 4.78 is 0. The molecule has 0 saturated carbocycles. The maximum absolute atomic E-state index is 9.21. The van der Waals surface area contributed by atoms with Gasteiger partial charge in [0.25, 0.3) is 0 Å². The van der Waals surface area contributed by atoms with Crippen LogP contribution >= 0.6 is 0 Å². The summed E-state index contributed by atoms with van der Waals surface area (Å²) in [6, 6.07) is 1.98. The first-order valence-corrected chi connectivity index (χ1v) is 4.34. The minimum absolute atomic E-state index is 0.266. The number of aryl methyl sites for hydroxylation is 1. The normalized spacial score (nSPS) is 12.9. The fourth-order valence-electron chi connectivity index (χ4n) is 1.29. The molecule has 0 aromatic carbocycles. The third kappa shape index (κ3) is 2.31. The maximum atomic E-state index is 9.21. The molecule has 12 heavy (non-hydrogen) atoms. The van der Waals surface area contributed by atoms with Gasteiger partial charge in [0.05, 0.1) is 6.10 Å². The van der Waals surface area contributed by atoms with Crippen molar-refractivity contribution >= 4 is 0 Å². The van der Waals surface area contributed by atoms with Gasteiger partial charge in [0.15, 0.2) is 0 Å². The van der Waals surface area contributed by atoms with E-state index < -0.39 is 0 Å². The summed E-state index contributed by atoms with van der Waals surface area (Å²) in [5.74, 6) is 0. The van der Waals surface area contributed by atoms with Crippen LogP contribution in [0.3, 0.4) is 0 Å². The first-order valence-electron chi connectivity index (χ1n) is 4.34. The lowest BCUT2D eigenvalue weighted by atomic mass is 10.0. The van der Waals surface area contributed by atoms with Crippen molar-refractivity contribution in [2.45, 2.75) is 32.8 Å². The van der Waals surface area contributed by atoms with Gasteiger partial charge in [-0.25, -0.2) is 0 Å². The average molecular weight is 165 g/mol. The number of aromatic nitrogens is 1. The van der Waals surface area contributed by atoms with Crippen molar-refractivity contribution in [3.63, 3.8) is 0 Å². The molecular weight excluding hydrogens is 150 g/mol. The third-order valence-electron chi connectivity index (χ3n) is 1.90. The van der Waals surface area contributed by atoms with Crippen LogP contribution in [0.4, 0.5) is 0 Å². The number of aliphatic hydroxyl groups excluding tert-OH is 1. The summed E-state index contributed by atoms with van der Waals surface area (Å²) in [4.78, 5) is 4.04. The summed E-state index contributed by atoms with van der Waals surface area (Å²) in [6.07, 6.45) is 5.09. The predicted molar refractivity (Wildman–Crippen MR) is 49.0 cm³/mol. The molecule has 66 valence electrons. The Morgan fingerprint density at radius 3 is 2.83 bits per heavy atom. The highest BCUT2D eigenvalue weighted by atomic mass is 16.3. The van der Waals surface area contributed by atoms with Crippen LogP contribution in [0.1, 0.15) is 25.0 Å². The van der Waals surface area contributed by atoms with Crippen LogP contribution in [-0.4, -0.2) is 16.2 Å². The van der Waals surface area contributed by atoms with Gasteiger partial charge in [0.1, 0.15) is 0 Å². The molecule has 1 unspecified atom stereocenters. The van der Waals surface area contributed by atoms with Gasteiger partial charge in [-0.05, 0) is 37.0 Å². The zero-order chi connectivity index (χ0) is 8.97. The molecule has 0 aliphatic heterocycles. The van der Waals surface area contributed by atoms with Gasteiger partial charge in [-0.2, -0.15) is 0 Å². The maximum Gasteiger partial charge on any atom is 0.0552 e. The van der Waals surface area contributed by atoms with Crippen molar-refractivity contribution < 1.29 is 5.11 Å². The lowest BCUT2D eigenvalue weighted by Gasteiger charge is -2.08. The highest BCUT2D eigenvalue weighted by Gasteiger charge is 2.02. The summed E-state index contributed by atoms with van der Waals surface area (Å²) in [5.41, 5.74) is 2.45. The molecule has 1 heterocycles. The second kappa shape index (κ2) is 4.21. The van der Waals surface area contributed by atoms with Crippen molar-refractivity contribution in [1.29, 1.82) is 0 Å². The lowest BCUT2D eigenvalue weighted by Crippen LogP contribution is -2.06. The predicted octanol–water partition coefficient (Wildman–Crippen LogP) is 1.57. The van der Waals surface area contributed by atoms with E-state index in [0.29, 0.717) is 0 Å². The molecule has 0 amide bonds. The summed E-state index contributed by atoms with van der Waals surface area (Å²) in [6.45, 7) is 3.91. The summed E-state index contributed by atoms with van der Waals surface area (Å²) >= 11 is 0. The Bertz CT molecular complexity index is 245. The molecule has 0 fully saturated rings. The van der Waals surface area contributed by atoms with E-state index in [1.165, 1.54) is 11.1 Å². The van der Waals surface area contributed by atoms with Crippen molar-refractivity contribution in [2.24, 2.45) is 0 Å². The van der Waals surface area contributed by atoms with Crippen LogP contribution < -0.4 is 0 Å².